The van der Waals surface area contributed by atoms with E-state index in [-0.39, 0.29) is 22.6 Å². The van der Waals surface area contributed by atoms with Gasteiger partial charge in [0, 0.05) is 18.5 Å². The molecule has 2 atom stereocenters. The van der Waals surface area contributed by atoms with Crippen molar-refractivity contribution in [1.82, 2.24) is 4.31 Å². The van der Waals surface area contributed by atoms with Crippen molar-refractivity contribution in [1.29, 1.82) is 0 Å². The van der Waals surface area contributed by atoms with Crippen LogP contribution >= 0.6 is 11.6 Å². The summed E-state index contributed by atoms with van der Waals surface area (Å²) in [6, 6.07) is 2.23. The number of hydrogen-bond donors (Lipinski definition) is 0. The standard InChI is InChI=1S/C16H20ClNO5S/c1-3-22-16(19)14-5-4-6-18(14)24(20,21)12-8-11-7-10(2)23-15(11)13(17)9-12/h8-10,14H,3-7H2,1-2H3. The monoisotopic (exact) mass is 373 g/mol. The van der Waals surface area contributed by atoms with E-state index in [0.717, 1.165) is 5.56 Å². The van der Waals surface area contributed by atoms with Crippen molar-refractivity contribution in [2.24, 2.45) is 0 Å². The van der Waals surface area contributed by atoms with Gasteiger partial charge in [-0.1, -0.05) is 11.6 Å². The zero-order chi connectivity index (χ0) is 17.5. The van der Waals surface area contributed by atoms with Crippen LogP contribution in [0.4, 0.5) is 0 Å². The average Bonchev–Trinajstić information content (AvgIpc) is 3.13. The van der Waals surface area contributed by atoms with Crippen LogP contribution in [-0.4, -0.2) is 44.0 Å². The first kappa shape index (κ1) is 17.5. The molecular weight excluding hydrogens is 354 g/mol. The highest BCUT2D eigenvalue weighted by Gasteiger charge is 2.41. The third-order valence-corrected chi connectivity index (χ3v) is 6.46. The third-order valence-electron chi connectivity index (χ3n) is 4.29. The number of esters is 1. The Kier molecular flexibility index (Phi) is 4.77. The summed E-state index contributed by atoms with van der Waals surface area (Å²) in [5, 5.41) is 0.280. The molecule has 0 aliphatic carbocycles. The number of nitrogens with zero attached hydrogens (tertiary/aromatic N) is 1. The normalized spacial score (nSPS) is 23.8. The van der Waals surface area contributed by atoms with Crippen molar-refractivity contribution in [2.45, 2.75) is 50.2 Å². The molecule has 2 unspecified atom stereocenters. The van der Waals surface area contributed by atoms with Gasteiger partial charge in [-0.25, -0.2) is 8.42 Å². The molecule has 0 aromatic heterocycles. The highest BCUT2D eigenvalue weighted by Crippen LogP contribution is 2.39. The predicted molar refractivity (Wildman–Crippen MR) is 88.8 cm³/mol. The molecule has 132 valence electrons. The summed E-state index contributed by atoms with van der Waals surface area (Å²) >= 11 is 6.20. The highest BCUT2D eigenvalue weighted by atomic mass is 35.5. The molecule has 3 rings (SSSR count). The Morgan fingerprint density at radius 3 is 2.92 bits per heavy atom. The molecule has 0 bridgehead atoms. The molecule has 8 heteroatoms. The Hall–Kier alpha value is -1.31. The number of benzene rings is 1. The van der Waals surface area contributed by atoms with Crippen LogP contribution in [0.15, 0.2) is 17.0 Å². The lowest BCUT2D eigenvalue weighted by Crippen LogP contribution is -2.41. The molecule has 24 heavy (non-hydrogen) atoms. The van der Waals surface area contributed by atoms with Crippen LogP contribution in [0, 0.1) is 0 Å². The summed E-state index contributed by atoms with van der Waals surface area (Å²) in [6.45, 7) is 4.13. The highest BCUT2D eigenvalue weighted by molar-refractivity contribution is 7.89. The maximum Gasteiger partial charge on any atom is 0.324 e. The number of sulfonamides is 1. The van der Waals surface area contributed by atoms with Crippen LogP contribution in [0.25, 0.3) is 0 Å². The summed E-state index contributed by atoms with van der Waals surface area (Å²) in [7, 11) is -3.82. The van der Waals surface area contributed by atoms with E-state index in [0.29, 0.717) is 31.6 Å². The van der Waals surface area contributed by atoms with E-state index < -0.39 is 22.0 Å². The van der Waals surface area contributed by atoms with Crippen LogP contribution < -0.4 is 4.74 Å². The van der Waals surface area contributed by atoms with Gasteiger partial charge in [0.25, 0.3) is 0 Å². The fourth-order valence-corrected chi connectivity index (χ4v) is 5.32. The zero-order valence-electron chi connectivity index (χ0n) is 13.6. The Morgan fingerprint density at radius 2 is 2.21 bits per heavy atom. The zero-order valence-corrected chi connectivity index (χ0v) is 15.2. The Morgan fingerprint density at radius 1 is 1.46 bits per heavy atom. The van der Waals surface area contributed by atoms with Gasteiger partial charge in [0.1, 0.15) is 17.9 Å². The van der Waals surface area contributed by atoms with Crippen molar-refractivity contribution < 1.29 is 22.7 Å². The maximum absolute atomic E-state index is 13.0. The van der Waals surface area contributed by atoms with Gasteiger partial charge in [-0.15, -0.1) is 0 Å². The number of rotatable bonds is 4. The van der Waals surface area contributed by atoms with E-state index in [1.54, 1.807) is 13.0 Å². The first-order valence-corrected chi connectivity index (χ1v) is 9.84. The molecule has 0 spiro atoms. The molecular formula is C16H20ClNO5S. The lowest BCUT2D eigenvalue weighted by molar-refractivity contribution is -0.146. The van der Waals surface area contributed by atoms with Gasteiger partial charge in [0.2, 0.25) is 10.0 Å². The third kappa shape index (κ3) is 3.00. The largest absolute Gasteiger partial charge is 0.489 e. The van der Waals surface area contributed by atoms with Gasteiger partial charge in [0.15, 0.2) is 0 Å². The summed E-state index contributed by atoms with van der Waals surface area (Å²) < 4.78 is 37.9. The number of fused-ring (bicyclic) bond motifs is 1. The number of hydrogen-bond acceptors (Lipinski definition) is 5. The van der Waals surface area contributed by atoms with Crippen LogP contribution in [0.3, 0.4) is 0 Å². The van der Waals surface area contributed by atoms with E-state index in [1.165, 1.54) is 10.4 Å². The SMILES string of the molecule is CCOC(=O)C1CCCN1S(=O)(=O)c1cc(Cl)c2c(c1)CC(C)O2. The molecule has 0 amide bonds. The van der Waals surface area contributed by atoms with Crippen LogP contribution in [0.2, 0.25) is 5.02 Å². The quantitative estimate of drug-likeness (QED) is 0.757. The van der Waals surface area contributed by atoms with E-state index in [4.69, 9.17) is 21.1 Å². The number of carbonyl (C=O) groups is 1. The molecule has 1 saturated heterocycles. The molecule has 2 aliphatic heterocycles. The first-order valence-electron chi connectivity index (χ1n) is 8.02. The second-order valence-corrected chi connectivity index (χ2v) is 8.35. The van der Waals surface area contributed by atoms with Gasteiger partial charge < -0.3 is 9.47 Å². The lowest BCUT2D eigenvalue weighted by Gasteiger charge is -2.23. The molecule has 0 N–H and O–H groups in total. The fraction of sp³-hybridized carbons (Fsp3) is 0.562. The van der Waals surface area contributed by atoms with Gasteiger partial charge in [0.05, 0.1) is 16.5 Å². The lowest BCUT2D eigenvalue weighted by atomic mass is 10.1. The van der Waals surface area contributed by atoms with Crippen molar-refractivity contribution in [2.75, 3.05) is 13.2 Å². The molecule has 1 aromatic rings. The van der Waals surface area contributed by atoms with Crippen LogP contribution in [-0.2, 0) is 26.0 Å². The van der Waals surface area contributed by atoms with Crippen molar-refractivity contribution in [3.8, 4) is 5.75 Å². The van der Waals surface area contributed by atoms with Crippen molar-refractivity contribution >= 4 is 27.6 Å². The molecule has 2 aliphatic rings. The molecule has 6 nitrogen and oxygen atoms in total. The van der Waals surface area contributed by atoms with Crippen LogP contribution in [0.5, 0.6) is 5.75 Å². The van der Waals surface area contributed by atoms with E-state index in [1.807, 2.05) is 6.92 Å². The molecule has 0 radical (unpaired) electrons. The Bertz CT molecular complexity index is 764. The molecule has 1 aromatic carbocycles. The van der Waals surface area contributed by atoms with Crippen LogP contribution in [0.1, 0.15) is 32.3 Å². The second-order valence-electron chi connectivity index (χ2n) is 6.05. The fourth-order valence-electron chi connectivity index (χ4n) is 3.25. The van der Waals surface area contributed by atoms with Gasteiger partial charge >= 0.3 is 5.97 Å². The van der Waals surface area contributed by atoms with E-state index >= 15 is 0 Å². The topological polar surface area (TPSA) is 72.9 Å². The minimum atomic E-state index is -3.82. The van der Waals surface area contributed by atoms with Crippen molar-refractivity contribution in [3.63, 3.8) is 0 Å². The van der Waals surface area contributed by atoms with Crippen molar-refractivity contribution in [3.05, 3.63) is 22.7 Å². The summed E-state index contributed by atoms with van der Waals surface area (Å²) in [5.41, 5.74) is 0.778. The Labute approximate surface area is 146 Å². The van der Waals surface area contributed by atoms with Gasteiger partial charge in [-0.2, -0.15) is 4.31 Å². The molecule has 2 heterocycles. The number of halogens is 1. The minimum absolute atomic E-state index is 0.0329. The van der Waals surface area contributed by atoms with Gasteiger partial charge in [-0.3, -0.25) is 4.79 Å². The van der Waals surface area contributed by atoms with E-state index in [9.17, 15) is 13.2 Å². The molecule has 0 saturated carbocycles. The number of carbonyl (C=O) groups excluding carboxylic acids is 1. The summed E-state index contributed by atoms with van der Waals surface area (Å²) in [4.78, 5) is 12.2. The van der Waals surface area contributed by atoms with Gasteiger partial charge in [-0.05, 0) is 38.8 Å². The first-order chi connectivity index (χ1) is 11.3. The predicted octanol–water partition coefficient (Wildman–Crippen LogP) is 2.38. The number of ether oxygens (including phenoxy) is 2. The molecule has 1 fully saturated rings. The minimum Gasteiger partial charge on any atom is -0.489 e. The van der Waals surface area contributed by atoms with E-state index in [2.05, 4.69) is 0 Å². The summed E-state index contributed by atoms with van der Waals surface area (Å²) in [5.74, 6) is 0.0502. The smallest absolute Gasteiger partial charge is 0.324 e. The average molecular weight is 374 g/mol. The maximum atomic E-state index is 13.0. The Balaban J connectivity index is 1.95. The summed E-state index contributed by atoms with van der Waals surface area (Å²) in [6.07, 6.45) is 1.67. The second kappa shape index (κ2) is 6.54.